The average molecular weight is 324 g/mol. The molecule has 22 heavy (non-hydrogen) atoms. The molecule has 0 fully saturated rings. The van der Waals surface area contributed by atoms with Gasteiger partial charge in [0, 0.05) is 31.1 Å². The lowest BCUT2D eigenvalue weighted by Gasteiger charge is -2.32. The lowest BCUT2D eigenvalue weighted by molar-refractivity contribution is -0.136. The van der Waals surface area contributed by atoms with E-state index in [4.69, 9.17) is 9.47 Å². The number of nitrogens with zero attached hydrogens (tertiary/aromatic N) is 1. The van der Waals surface area contributed by atoms with E-state index in [2.05, 4.69) is 17.0 Å². The summed E-state index contributed by atoms with van der Waals surface area (Å²) in [6, 6.07) is 8.24. The fourth-order valence-electron chi connectivity index (χ4n) is 3.11. The van der Waals surface area contributed by atoms with Gasteiger partial charge in [-0.25, -0.2) is 4.79 Å². The first-order chi connectivity index (χ1) is 10.3. The first-order valence-corrected chi connectivity index (χ1v) is 7.46. The van der Waals surface area contributed by atoms with E-state index in [0.29, 0.717) is 12.5 Å². The Morgan fingerprint density at radius 3 is 3.05 bits per heavy atom. The van der Waals surface area contributed by atoms with Crippen LogP contribution in [0.4, 0.5) is 0 Å². The van der Waals surface area contributed by atoms with Crippen LogP contribution in [-0.2, 0) is 16.0 Å². The maximum atomic E-state index is 11.6. The smallest absolute Gasteiger partial charge is 0.334 e. The van der Waals surface area contributed by atoms with E-state index in [1.165, 1.54) is 12.7 Å². The van der Waals surface area contributed by atoms with Crippen LogP contribution in [0.25, 0.3) is 0 Å². The second-order valence-corrected chi connectivity index (χ2v) is 5.73. The van der Waals surface area contributed by atoms with Crippen LogP contribution in [0.5, 0.6) is 5.75 Å². The van der Waals surface area contributed by atoms with Gasteiger partial charge in [0.2, 0.25) is 0 Å². The summed E-state index contributed by atoms with van der Waals surface area (Å²) in [6.07, 6.45) is 3.95. The summed E-state index contributed by atoms with van der Waals surface area (Å²) in [5.74, 6) is 1.30. The van der Waals surface area contributed by atoms with Crippen LogP contribution in [-0.4, -0.2) is 44.2 Å². The molecule has 0 radical (unpaired) electrons. The molecule has 0 saturated heterocycles. The number of ether oxygens (including phenoxy) is 2. The van der Waals surface area contributed by atoms with Crippen LogP contribution < -0.4 is 4.74 Å². The standard InChI is InChI=1S/C17H21NO3.ClH/c1-20-17(19)15-6-4-8-18(11-15)10-13-9-14-5-2-3-7-16(14)21-12-13;/h2-3,5-7,13H,4,8-12H2,1H3;1H. The molecule has 1 aromatic carbocycles. The van der Waals surface area contributed by atoms with Gasteiger partial charge in [0.25, 0.3) is 0 Å². The van der Waals surface area contributed by atoms with Crippen molar-refractivity contribution in [2.45, 2.75) is 12.8 Å². The zero-order valence-corrected chi connectivity index (χ0v) is 13.6. The molecule has 120 valence electrons. The minimum absolute atomic E-state index is 0. The first-order valence-electron chi connectivity index (χ1n) is 7.46. The summed E-state index contributed by atoms with van der Waals surface area (Å²) in [6.45, 7) is 3.40. The maximum Gasteiger partial charge on any atom is 0.334 e. The molecule has 0 bridgehead atoms. The largest absolute Gasteiger partial charge is 0.493 e. The molecule has 0 aromatic heterocycles. The highest BCUT2D eigenvalue weighted by Gasteiger charge is 2.24. The van der Waals surface area contributed by atoms with E-state index in [9.17, 15) is 4.79 Å². The van der Waals surface area contributed by atoms with E-state index in [0.717, 1.165) is 43.9 Å². The molecule has 2 aliphatic heterocycles. The Morgan fingerprint density at radius 2 is 2.23 bits per heavy atom. The molecule has 0 spiro atoms. The van der Waals surface area contributed by atoms with Crippen molar-refractivity contribution in [3.05, 3.63) is 41.5 Å². The molecule has 0 amide bonds. The predicted octanol–water partition coefficient (Wildman–Crippen LogP) is 2.46. The molecular weight excluding hydrogens is 302 g/mol. The van der Waals surface area contributed by atoms with Gasteiger partial charge in [-0.3, -0.25) is 4.90 Å². The normalized spacial score (nSPS) is 21.0. The van der Waals surface area contributed by atoms with Crippen LogP contribution in [0.1, 0.15) is 12.0 Å². The minimum atomic E-state index is -0.204. The second kappa shape index (κ2) is 7.65. The Morgan fingerprint density at radius 1 is 1.41 bits per heavy atom. The van der Waals surface area contributed by atoms with Crippen LogP contribution in [0, 0.1) is 5.92 Å². The Hall–Kier alpha value is -1.52. The van der Waals surface area contributed by atoms with Crippen LogP contribution >= 0.6 is 12.4 Å². The van der Waals surface area contributed by atoms with E-state index >= 15 is 0 Å². The number of fused-ring (bicyclic) bond motifs is 1. The van der Waals surface area contributed by atoms with Crippen molar-refractivity contribution in [1.29, 1.82) is 0 Å². The number of methoxy groups -OCH3 is 1. The van der Waals surface area contributed by atoms with Crippen molar-refractivity contribution in [3.8, 4) is 5.75 Å². The van der Waals surface area contributed by atoms with Gasteiger partial charge < -0.3 is 9.47 Å². The molecule has 3 rings (SSSR count). The highest BCUT2D eigenvalue weighted by molar-refractivity contribution is 5.88. The van der Waals surface area contributed by atoms with Crippen molar-refractivity contribution in [1.82, 2.24) is 4.90 Å². The molecule has 5 heteroatoms. The van der Waals surface area contributed by atoms with Crippen molar-refractivity contribution in [3.63, 3.8) is 0 Å². The summed E-state index contributed by atoms with van der Waals surface area (Å²) < 4.78 is 10.7. The van der Waals surface area contributed by atoms with Crippen LogP contribution in [0.15, 0.2) is 35.9 Å². The molecule has 0 aliphatic carbocycles. The topological polar surface area (TPSA) is 38.8 Å². The van der Waals surface area contributed by atoms with Crippen molar-refractivity contribution < 1.29 is 14.3 Å². The van der Waals surface area contributed by atoms with Crippen LogP contribution in [0.2, 0.25) is 0 Å². The van der Waals surface area contributed by atoms with E-state index in [1.54, 1.807) is 0 Å². The van der Waals surface area contributed by atoms with Crippen molar-refractivity contribution >= 4 is 18.4 Å². The summed E-state index contributed by atoms with van der Waals surface area (Å²) in [4.78, 5) is 14.0. The molecule has 1 atom stereocenters. The van der Waals surface area contributed by atoms with E-state index < -0.39 is 0 Å². The molecular formula is C17H22ClNO3. The predicted molar refractivity (Wildman–Crippen MR) is 87.5 cm³/mol. The monoisotopic (exact) mass is 323 g/mol. The lowest BCUT2D eigenvalue weighted by Crippen LogP contribution is -2.39. The zero-order valence-electron chi connectivity index (χ0n) is 12.8. The van der Waals surface area contributed by atoms with Crippen molar-refractivity contribution in [2.24, 2.45) is 5.92 Å². The minimum Gasteiger partial charge on any atom is -0.493 e. The summed E-state index contributed by atoms with van der Waals surface area (Å²) in [5.41, 5.74) is 2.07. The van der Waals surface area contributed by atoms with Gasteiger partial charge in [-0.15, -0.1) is 12.4 Å². The number of carbonyl (C=O) groups excluding carboxylic acids is 1. The van der Waals surface area contributed by atoms with E-state index in [1.807, 2.05) is 18.2 Å². The molecule has 2 aliphatic rings. The number of esters is 1. The van der Waals surface area contributed by atoms with Gasteiger partial charge in [-0.2, -0.15) is 0 Å². The van der Waals surface area contributed by atoms with Crippen molar-refractivity contribution in [2.75, 3.05) is 33.4 Å². The molecule has 2 heterocycles. The molecule has 1 aromatic rings. The van der Waals surface area contributed by atoms with Crippen LogP contribution in [0.3, 0.4) is 0 Å². The van der Waals surface area contributed by atoms with Gasteiger partial charge in [0.1, 0.15) is 5.75 Å². The Bertz CT molecular complexity index is 559. The summed E-state index contributed by atoms with van der Waals surface area (Å²) in [5, 5.41) is 0. The molecule has 0 N–H and O–H groups in total. The second-order valence-electron chi connectivity index (χ2n) is 5.73. The molecule has 4 nitrogen and oxygen atoms in total. The number of carbonyl (C=O) groups is 1. The Balaban J connectivity index is 0.00000176. The molecule has 1 unspecified atom stereocenters. The summed E-state index contributed by atoms with van der Waals surface area (Å²) >= 11 is 0. The Kier molecular flexibility index (Phi) is 5.86. The van der Waals surface area contributed by atoms with Gasteiger partial charge in [-0.05, 0) is 24.5 Å². The fraction of sp³-hybridized carbons (Fsp3) is 0.471. The number of hydrogen-bond donors (Lipinski definition) is 0. The average Bonchev–Trinajstić information content (AvgIpc) is 2.54. The number of para-hydroxylation sites is 1. The third kappa shape index (κ3) is 3.81. The lowest BCUT2D eigenvalue weighted by atomic mass is 9.95. The van der Waals surface area contributed by atoms with Gasteiger partial charge in [-0.1, -0.05) is 24.3 Å². The third-order valence-electron chi connectivity index (χ3n) is 4.15. The number of hydrogen-bond acceptors (Lipinski definition) is 4. The molecule has 0 saturated carbocycles. The Labute approximate surface area is 137 Å². The SMILES string of the molecule is COC(=O)C1=CCCN(CC2COc3ccccc3C2)C1.Cl. The third-order valence-corrected chi connectivity index (χ3v) is 4.15. The van der Waals surface area contributed by atoms with Gasteiger partial charge >= 0.3 is 5.97 Å². The number of rotatable bonds is 3. The maximum absolute atomic E-state index is 11.6. The number of benzene rings is 1. The zero-order chi connectivity index (χ0) is 14.7. The fourth-order valence-corrected chi connectivity index (χ4v) is 3.11. The summed E-state index contributed by atoms with van der Waals surface area (Å²) in [7, 11) is 1.44. The van der Waals surface area contributed by atoms with Gasteiger partial charge in [0.05, 0.1) is 13.7 Å². The first kappa shape index (κ1) is 16.8. The highest BCUT2D eigenvalue weighted by Crippen LogP contribution is 2.27. The number of halogens is 1. The van der Waals surface area contributed by atoms with E-state index in [-0.39, 0.29) is 18.4 Å². The highest BCUT2D eigenvalue weighted by atomic mass is 35.5. The quantitative estimate of drug-likeness (QED) is 0.801. The van der Waals surface area contributed by atoms with Gasteiger partial charge in [0.15, 0.2) is 0 Å².